The summed E-state index contributed by atoms with van der Waals surface area (Å²) in [6, 6.07) is 65.4. The maximum absolute atomic E-state index is 6.47. The van der Waals surface area contributed by atoms with Crippen LogP contribution in [0.4, 0.5) is 17.1 Å². The molecule has 4 fully saturated rings. The molecule has 8 aromatic carbocycles. The van der Waals surface area contributed by atoms with E-state index in [4.69, 9.17) is 4.42 Å². The van der Waals surface area contributed by atoms with Gasteiger partial charge in [-0.15, -0.1) is 0 Å². The van der Waals surface area contributed by atoms with Gasteiger partial charge in [0, 0.05) is 39.0 Å². The van der Waals surface area contributed by atoms with Crippen molar-refractivity contribution in [2.75, 3.05) is 4.90 Å². The molecular formula is C56H43NO. The van der Waals surface area contributed by atoms with Gasteiger partial charge in [-0.1, -0.05) is 127 Å². The molecule has 4 saturated carbocycles. The van der Waals surface area contributed by atoms with Crippen molar-refractivity contribution >= 4 is 49.8 Å². The molecule has 0 aliphatic heterocycles. The van der Waals surface area contributed by atoms with E-state index < -0.39 is 0 Å². The van der Waals surface area contributed by atoms with Crippen LogP contribution >= 0.6 is 0 Å². The summed E-state index contributed by atoms with van der Waals surface area (Å²) in [6.07, 6.45) is 7.07. The monoisotopic (exact) mass is 745 g/mol. The van der Waals surface area contributed by atoms with Gasteiger partial charge in [0.15, 0.2) is 0 Å². The zero-order valence-electron chi connectivity index (χ0n) is 32.4. The minimum atomic E-state index is 0.161. The van der Waals surface area contributed by atoms with Gasteiger partial charge in [-0.2, -0.15) is 0 Å². The predicted molar refractivity (Wildman–Crippen MR) is 240 cm³/mol. The Kier molecular flexibility index (Phi) is 6.94. The lowest BCUT2D eigenvalue weighted by atomic mass is 9.43. The van der Waals surface area contributed by atoms with E-state index in [-0.39, 0.29) is 5.41 Å². The molecule has 0 atom stereocenters. The normalized spacial score (nSPS) is 22.6. The number of hydrogen-bond donors (Lipinski definition) is 0. The van der Waals surface area contributed by atoms with Crippen LogP contribution in [-0.4, -0.2) is 0 Å². The van der Waals surface area contributed by atoms with Crippen molar-refractivity contribution in [1.29, 1.82) is 0 Å². The first kappa shape index (κ1) is 32.7. The molecular weight excluding hydrogens is 703 g/mol. The van der Waals surface area contributed by atoms with E-state index in [1.807, 2.05) is 6.07 Å². The van der Waals surface area contributed by atoms with Gasteiger partial charge in [0.1, 0.15) is 11.2 Å². The molecule has 0 saturated heterocycles. The number of fused-ring (bicyclic) bond motifs is 7. The Morgan fingerprint density at radius 2 is 1.02 bits per heavy atom. The lowest BCUT2D eigenvalue weighted by Crippen LogP contribution is -2.55. The molecule has 5 aliphatic carbocycles. The van der Waals surface area contributed by atoms with E-state index in [0.717, 1.165) is 62.7 Å². The van der Waals surface area contributed by atoms with Crippen molar-refractivity contribution in [3.05, 3.63) is 187 Å². The Morgan fingerprint density at radius 3 is 1.83 bits per heavy atom. The van der Waals surface area contributed by atoms with Crippen LogP contribution in [0.25, 0.3) is 66.1 Å². The molecule has 58 heavy (non-hydrogen) atoms. The lowest BCUT2D eigenvalue weighted by Gasteiger charge is -2.61. The smallest absolute Gasteiger partial charge is 0.137 e. The molecule has 0 amide bonds. The van der Waals surface area contributed by atoms with Crippen LogP contribution in [0.5, 0.6) is 0 Å². The highest BCUT2D eigenvalue weighted by Crippen LogP contribution is 2.69. The molecule has 0 N–H and O–H groups in total. The maximum Gasteiger partial charge on any atom is 0.137 e. The summed E-state index contributed by atoms with van der Waals surface area (Å²) < 4.78 is 6.47. The summed E-state index contributed by atoms with van der Waals surface area (Å²) in [5.41, 5.74) is 16.5. The van der Waals surface area contributed by atoms with Gasteiger partial charge in [-0.25, -0.2) is 0 Å². The second kappa shape index (κ2) is 12.3. The minimum absolute atomic E-state index is 0.161. The summed E-state index contributed by atoms with van der Waals surface area (Å²) in [4.78, 5) is 2.41. The van der Waals surface area contributed by atoms with E-state index >= 15 is 0 Å². The summed E-state index contributed by atoms with van der Waals surface area (Å²) in [5, 5.41) is 4.72. The standard InChI is InChI=1S/C56H43NO/c1-2-10-38(11-3-1)44-26-27-53(48-14-5-4-12-45(44)48)57(43-23-25-50-49-15-7-9-17-54(49)58-55(50)34-43)42-21-18-37(19-22-42)39-20-24-47-46-13-6-8-16-51(46)56(52(47)33-39)40-29-35-28-36(31-40)32-41(56)30-35/h1-27,33-36,40-41H,28-32H2. The molecule has 1 heterocycles. The summed E-state index contributed by atoms with van der Waals surface area (Å²) in [5.74, 6) is 3.37. The van der Waals surface area contributed by atoms with Crippen molar-refractivity contribution in [1.82, 2.24) is 0 Å². The second-order valence-corrected chi connectivity index (χ2v) is 17.7. The number of furan rings is 1. The number of rotatable bonds is 5. The molecule has 4 bridgehead atoms. The van der Waals surface area contributed by atoms with Crippen molar-refractivity contribution in [3.8, 4) is 33.4 Å². The molecule has 2 heteroatoms. The zero-order chi connectivity index (χ0) is 38.0. The van der Waals surface area contributed by atoms with Gasteiger partial charge < -0.3 is 9.32 Å². The lowest BCUT2D eigenvalue weighted by molar-refractivity contribution is -0.0399. The van der Waals surface area contributed by atoms with Gasteiger partial charge in [-0.3, -0.25) is 0 Å². The van der Waals surface area contributed by atoms with E-state index in [9.17, 15) is 0 Å². The number of anilines is 3. The van der Waals surface area contributed by atoms with E-state index in [2.05, 4.69) is 175 Å². The van der Waals surface area contributed by atoms with Gasteiger partial charge in [0.2, 0.25) is 0 Å². The van der Waals surface area contributed by atoms with Crippen LogP contribution in [-0.2, 0) is 5.41 Å². The fraction of sp³-hybridized carbons (Fsp3) is 0.179. The van der Waals surface area contributed by atoms with Gasteiger partial charge in [0.25, 0.3) is 0 Å². The highest BCUT2D eigenvalue weighted by Gasteiger charge is 2.61. The second-order valence-electron chi connectivity index (χ2n) is 17.7. The van der Waals surface area contributed by atoms with Crippen molar-refractivity contribution in [3.63, 3.8) is 0 Å². The van der Waals surface area contributed by atoms with Crippen LogP contribution < -0.4 is 4.90 Å². The van der Waals surface area contributed by atoms with Gasteiger partial charge >= 0.3 is 0 Å². The quantitative estimate of drug-likeness (QED) is 0.174. The Labute approximate surface area is 339 Å². The van der Waals surface area contributed by atoms with Crippen LogP contribution in [0, 0.1) is 23.7 Å². The molecule has 278 valence electrons. The average Bonchev–Trinajstić information content (AvgIpc) is 3.79. The SMILES string of the molecule is c1ccc(-c2ccc(N(c3ccc(-c4ccc5c(c4)C4(c6ccccc6-5)C5CC6CC(C5)CC4C6)cc3)c3ccc4c(c3)oc3ccccc34)c3ccccc23)cc1. The summed E-state index contributed by atoms with van der Waals surface area (Å²) in [7, 11) is 0. The van der Waals surface area contributed by atoms with E-state index in [1.54, 1.807) is 11.1 Å². The molecule has 0 unspecified atom stereocenters. The third-order valence-electron chi connectivity index (χ3n) is 14.9. The number of benzene rings is 8. The van der Waals surface area contributed by atoms with Crippen LogP contribution in [0.2, 0.25) is 0 Å². The van der Waals surface area contributed by atoms with Gasteiger partial charge in [0.05, 0.1) is 5.69 Å². The third-order valence-corrected chi connectivity index (χ3v) is 14.9. The molecule has 5 aliphatic rings. The molecule has 14 rings (SSSR count). The first-order chi connectivity index (χ1) is 28.7. The molecule has 2 nitrogen and oxygen atoms in total. The average molecular weight is 746 g/mol. The highest BCUT2D eigenvalue weighted by molar-refractivity contribution is 6.09. The van der Waals surface area contributed by atoms with Crippen LogP contribution in [0.1, 0.15) is 43.2 Å². The van der Waals surface area contributed by atoms with Crippen molar-refractivity contribution < 1.29 is 4.42 Å². The van der Waals surface area contributed by atoms with Crippen LogP contribution in [0.15, 0.2) is 180 Å². The first-order valence-electron chi connectivity index (χ1n) is 21.3. The van der Waals surface area contributed by atoms with Crippen LogP contribution in [0.3, 0.4) is 0 Å². The number of para-hydroxylation sites is 1. The predicted octanol–water partition coefficient (Wildman–Crippen LogP) is 15.3. The zero-order valence-corrected chi connectivity index (χ0v) is 32.4. The first-order valence-corrected chi connectivity index (χ1v) is 21.3. The number of nitrogens with zero attached hydrogens (tertiary/aromatic N) is 1. The topological polar surface area (TPSA) is 16.4 Å². The number of hydrogen-bond acceptors (Lipinski definition) is 2. The maximum atomic E-state index is 6.47. The fourth-order valence-corrected chi connectivity index (χ4v) is 12.8. The Hall–Kier alpha value is -6.38. The molecule has 1 aromatic heterocycles. The molecule has 1 spiro atoms. The fourth-order valence-electron chi connectivity index (χ4n) is 12.8. The van der Waals surface area contributed by atoms with E-state index in [1.165, 1.54) is 76.3 Å². The van der Waals surface area contributed by atoms with Crippen molar-refractivity contribution in [2.45, 2.75) is 37.5 Å². The minimum Gasteiger partial charge on any atom is -0.456 e. The Balaban J connectivity index is 0.952. The van der Waals surface area contributed by atoms with E-state index in [0.29, 0.717) is 0 Å². The third kappa shape index (κ3) is 4.60. The van der Waals surface area contributed by atoms with Gasteiger partial charge in [-0.05, 0) is 148 Å². The molecule has 9 aromatic rings. The Bertz CT molecular complexity index is 3050. The Morgan fingerprint density at radius 1 is 0.397 bits per heavy atom. The molecule has 0 radical (unpaired) electrons. The summed E-state index contributed by atoms with van der Waals surface area (Å²) in [6.45, 7) is 0. The summed E-state index contributed by atoms with van der Waals surface area (Å²) >= 11 is 0. The largest absolute Gasteiger partial charge is 0.456 e. The van der Waals surface area contributed by atoms with Crippen molar-refractivity contribution in [2.24, 2.45) is 23.7 Å². The highest BCUT2D eigenvalue weighted by atomic mass is 16.3.